The van der Waals surface area contributed by atoms with Gasteiger partial charge in [-0.1, -0.05) is 38.8 Å². The molecule has 186 valence electrons. The maximum atomic E-state index is 13.7. The second kappa shape index (κ2) is 10.8. The summed E-state index contributed by atoms with van der Waals surface area (Å²) in [4.78, 5) is 20.4. The number of hydrogen-bond acceptors (Lipinski definition) is 3. The molecule has 0 aromatic carbocycles. The van der Waals surface area contributed by atoms with Crippen molar-refractivity contribution in [2.75, 3.05) is 11.9 Å². The third kappa shape index (κ3) is 5.26. The fraction of sp³-hybridized carbons (Fsp3) is 0.654. The van der Waals surface area contributed by atoms with Crippen LogP contribution in [0, 0.1) is 5.92 Å². The number of fused-ring (bicyclic) bond motifs is 2. The number of aliphatic imine (C=N–C) groups is 1. The minimum absolute atomic E-state index is 0.0623. The van der Waals surface area contributed by atoms with Crippen LogP contribution in [-0.4, -0.2) is 39.0 Å². The average Bonchev–Trinajstić information content (AvgIpc) is 3.56. The summed E-state index contributed by atoms with van der Waals surface area (Å²) in [7, 11) is 0. The molecule has 1 amide bonds. The van der Waals surface area contributed by atoms with Gasteiger partial charge >= 0.3 is 0 Å². The number of amides is 1. The van der Waals surface area contributed by atoms with Crippen LogP contribution in [0.5, 0.6) is 0 Å². The second-order valence-corrected chi connectivity index (χ2v) is 9.92. The number of hydrogen-bond donors (Lipinski definition) is 1. The highest BCUT2D eigenvalue weighted by Gasteiger charge is 2.39. The standard InChI is InChI=1S/C26H37F2N5O/c1-4-9-23(32-15-18-12-13-20(32)14-18)29-17(3)21(5-2)26(34)30-22-16-33(31-24(22)25(27)28)19-10-7-6-8-11-19/h5,16,18-20,25H,2,4,6-15H2,1,3H3,(H,30,34)/b21-17-,29-23?. The Bertz CT molecular complexity index is 960. The van der Waals surface area contributed by atoms with Gasteiger partial charge in [-0.15, -0.1) is 0 Å². The highest BCUT2D eigenvalue weighted by molar-refractivity contribution is 6.06. The van der Waals surface area contributed by atoms with Crippen LogP contribution in [0.25, 0.3) is 0 Å². The Hall–Kier alpha value is -2.51. The lowest BCUT2D eigenvalue weighted by Gasteiger charge is -2.30. The van der Waals surface area contributed by atoms with E-state index in [1.54, 1.807) is 17.8 Å². The van der Waals surface area contributed by atoms with Crippen LogP contribution in [0.1, 0.15) is 96.2 Å². The Morgan fingerprint density at radius 3 is 2.62 bits per heavy atom. The zero-order chi connectivity index (χ0) is 24.2. The van der Waals surface area contributed by atoms with Gasteiger partial charge in [0, 0.05) is 25.2 Å². The number of aromatic nitrogens is 2. The van der Waals surface area contributed by atoms with Gasteiger partial charge in [-0.2, -0.15) is 5.10 Å². The van der Waals surface area contributed by atoms with Gasteiger partial charge in [0.05, 0.1) is 23.0 Å². The molecule has 6 nitrogen and oxygen atoms in total. The van der Waals surface area contributed by atoms with Crippen molar-refractivity contribution in [3.8, 4) is 0 Å². The maximum Gasteiger partial charge on any atom is 0.284 e. The van der Waals surface area contributed by atoms with Gasteiger partial charge in [-0.25, -0.2) is 13.8 Å². The number of halogens is 2. The number of carbonyl (C=O) groups excluding carboxylic acids is 1. The van der Waals surface area contributed by atoms with Crippen molar-refractivity contribution in [2.24, 2.45) is 10.9 Å². The lowest BCUT2D eigenvalue weighted by molar-refractivity contribution is -0.112. The smallest absolute Gasteiger partial charge is 0.284 e. The molecule has 2 aliphatic carbocycles. The molecule has 0 spiro atoms. The first kappa shape index (κ1) is 24.6. The summed E-state index contributed by atoms with van der Waals surface area (Å²) in [6, 6.07) is 0.647. The van der Waals surface area contributed by atoms with E-state index in [-0.39, 0.29) is 17.4 Å². The van der Waals surface area contributed by atoms with Crippen molar-refractivity contribution >= 4 is 17.4 Å². The van der Waals surface area contributed by atoms with E-state index >= 15 is 0 Å². The third-order valence-electron chi connectivity index (χ3n) is 7.51. The van der Waals surface area contributed by atoms with Crippen molar-refractivity contribution in [3.05, 3.63) is 35.8 Å². The summed E-state index contributed by atoms with van der Waals surface area (Å²) in [5, 5.41) is 6.81. The Labute approximate surface area is 201 Å². The third-order valence-corrected chi connectivity index (χ3v) is 7.51. The van der Waals surface area contributed by atoms with Crippen LogP contribution >= 0.6 is 0 Å². The number of alkyl halides is 2. The van der Waals surface area contributed by atoms with Gasteiger partial charge in [0.25, 0.3) is 12.3 Å². The number of nitrogens with one attached hydrogen (secondary N) is 1. The number of amidine groups is 1. The van der Waals surface area contributed by atoms with Crippen molar-refractivity contribution in [3.63, 3.8) is 0 Å². The lowest BCUT2D eigenvalue weighted by Crippen LogP contribution is -2.37. The zero-order valence-electron chi connectivity index (χ0n) is 20.4. The largest absolute Gasteiger partial charge is 0.357 e. The molecular weight excluding hydrogens is 436 g/mol. The highest BCUT2D eigenvalue weighted by atomic mass is 19.3. The Kier molecular flexibility index (Phi) is 7.84. The molecule has 2 bridgehead atoms. The van der Waals surface area contributed by atoms with Crippen molar-refractivity contribution < 1.29 is 13.6 Å². The van der Waals surface area contributed by atoms with Crippen LogP contribution in [0.4, 0.5) is 14.5 Å². The van der Waals surface area contributed by atoms with Gasteiger partial charge in [0.15, 0.2) is 5.69 Å². The number of rotatable bonds is 8. The first-order valence-electron chi connectivity index (χ1n) is 12.8. The number of piperidine rings is 1. The Morgan fingerprint density at radius 2 is 2.03 bits per heavy atom. The van der Waals surface area contributed by atoms with Crippen LogP contribution in [0.3, 0.4) is 0 Å². The molecule has 3 aliphatic rings. The molecule has 8 heteroatoms. The zero-order valence-corrected chi connectivity index (χ0v) is 20.4. The molecule has 0 radical (unpaired) electrons. The van der Waals surface area contributed by atoms with Gasteiger partial charge in [-0.3, -0.25) is 9.48 Å². The minimum atomic E-state index is -2.77. The predicted octanol–water partition coefficient (Wildman–Crippen LogP) is 6.41. The van der Waals surface area contributed by atoms with Crippen LogP contribution in [-0.2, 0) is 4.79 Å². The summed E-state index contributed by atoms with van der Waals surface area (Å²) in [6.45, 7) is 8.75. The van der Waals surface area contributed by atoms with Gasteiger partial charge in [0.1, 0.15) is 5.84 Å². The van der Waals surface area contributed by atoms with Gasteiger partial charge in [0.2, 0.25) is 0 Å². The lowest BCUT2D eigenvalue weighted by atomic mass is 9.96. The fourth-order valence-electron chi connectivity index (χ4n) is 5.77. The van der Waals surface area contributed by atoms with E-state index in [2.05, 4.69) is 28.8 Å². The predicted molar refractivity (Wildman–Crippen MR) is 131 cm³/mol. The van der Waals surface area contributed by atoms with Crippen molar-refractivity contribution in [2.45, 2.75) is 96.6 Å². The number of carbonyl (C=O) groups is 1. The normalized spacial score (nSPS) is 24.0. The van der Waals surface area contributed by atoms with Crippen LogP contribution < -0.4 is 5.32 Å². The molecule has 4 rings (SSSR count). The van der Waals surface area contributed by atoms with E-state index < -0.39 is 12.3 Å². The summed E-state index contributed by atoms with van der Waals surface area (Å²) >= 11 is 0. The summed E-state index contributed by atoms with van der Waals surface area (Å²) < 4.78 is 29.0. The van der Waals surface area contributed by atoms with E-state index in [1.165, 1.54) is 25.3 Å². The molecule has 2 unspecified atom stereocenters. The molecule has 1 aromatic rings. The van der Waals surface area contributed by atoms with E-state index in [0.717, 1.165) is 63.2 Å². The maximum absolute atomic E-state index is 13.7. The number of allylic oxidation sites excluding steroid dienone is 1. The van der Waals surface area contributed by atoms with Crippen molar-refractivity contribution in [1.29, 1.82) is 0 Å². The summed E-state index contributed by atoms with van der Waals surface area (Å²) in [5.74, 6) is 1.27. The summed E-state index contributed by atoms with van der Waals surface area (Å²) in [5.41, 5.74) is 0.524. The SMILES string of the molecule is C=C/C(C(=O)Nc1cn(C2CCCCC2)nc1C(F)F)=C(\C)N=C(CCC)N1CC2CCC1C2. The number of nitrogens with zero attached hydrogens (tertiary/aromatic N) is 4. The number of likely N-dealkylation sites (tertiary alicyclic amines) is 1. The molecule has 34 heavy (non-hydrogen) atoms. The Morgan fingerprint density at radius 1 is 1.26 bits per heavy atom. The summed E-state index contributed by atoms with van der Waals surface area (Å²) in [6.07, 6.45) is 10.9. The Balaban J connectivity index is 1.56. The quantitative estimate of drug-likeness (QED) is 0.205. The molecular formula is C26H37F2N5O. The molecule has 1 aliphatic heterocycles. The van der Waals surface area contributed by atoms with Crippen LogP contribution in [0.15, 0.2) is 35.1 Å². The van der Waals surface area contributed by atoms with E-state index in [0.29, 0.717) is 17.3 Å². The van der Waals surface area contributed by atoms with Crippen molar-refractivity contribution in [1.82, 2.24) is 14.7 Å². The fourth-order valence-corrected chi connectivity index (χ4v) is 5.77. The first-order chi connectivity index (χ1) is 16.4. The average molecular weight is 474 g/mol. The molecule has 1 saturated heterocycles. The molecule has 1 aromatic heterocycles. The molecule has 2 atom stereocenters. The number of anilines is 1. The molecule has 2 saturated carbocycles. The van der Waals surface area contributed by atoms with Gasteiger partial charge in [-0.05, 0) is 51.4 Å². The monoisotopic (exact) mass is 473 g/mol. The van der Waals surface area contributed by atoms with E-state index in [4.69, 9.17) is 4.99 Å². The molecule has 1 N–H and O–H groups in total. The minimum Gasteiger partial charge on any atom is -0.357 e. The highest BCUT2D eigenvalue weighted by Crippen LogP contribution is 2.38. The topological polar surface area (TPSA) is 62.5 Å². The van der Waals surface area contributed by atoms with Crippen LogP contribution in [0.2, 0.25) is 0 Å². The van der Waals surface area contributed by atoms with Gasteiger partial charge < -0.3 is 10.2 Å². The second-order valence-electron chi connectivity index (χ2n) is 9.92. The molecule has 2 heterocycles. The van der Waals surface area contributed by atoms with E-state index in [9.17, 15) is 13.6 Å². The van der Waals surface area contributed by atoms with E-state index in [1.807, 2.05) is 0 Å². The molecule has 3 fully saturated rings. The first-order valence-corrected chi connectivity index (χ1v) is 12.8.